The summed E-state index contributed by atoms with van der Waals surface area (Å²) >= 11 is 0. The smallest absolute Gasteiger partial charge is 0.161 e. The Kier molecular flexibility index (Phi) is 7.54. The lowest BCUT2D eigenvalue weighted by Gasteiger charge is -2.27. The monoisotopic (exact) mass is 306 g/mol. The van der Waals surface area contributed by atoms with Crippen LogP contribution in [0, 0.1) is 0 Å². The van der Waals surface area contributed by atoms with Crippen molar-refractivity contribution in [2.45, 2.75) is 33.1 Å². The quantitative estimate of drug-likeness (QED) is 0.760. The number of benzene rings is 1. The van der Waals surface area contributed by atoms with E-state index in [2.05, 4.69) is 35.3 Å². The molecule has 0 aromatic heterocycles. The largest absolute Gasteiger partial charge is 0.490 e. The number of nitrogens with zero attached hydrogens (tertiary/aromatic N) is 1. The molecule has 0 unspecified atom stereocenters. The van der Waals surface area contributed by atoms with E-state index in [0.29, 0.717) is 6.61 Å². The molecule has 2 rings (SSSR count). The van der Waals surface area contributed by atoms with E-state index < -0.39 is 0 Å². The van der Waals surface area contributed by atoms with Crippen molar-refractivity contribution in [3.8, 4) is 11.5 Å². The Balaban J connectivity index is 1.85. The van der Waals surface area contributed by atoms with Gasteiger partial charge in [0.15, 0.2) is 11.5 Å². The van der Waals surface area contributed by atoms with Crippen molar-refractivity contribution >= 4 is 0 Å². The lowest BCUT2D eigenvalue weighted by Crippen LogP contribution is -2.43. The van der Waals surface area contributed by atoms with Gasteiger partial charge < -0.3 is 19.7 Å². The van der Waals surface area contributed by atoms with Crippen LogP contribution < -0.4 is 14.8 Å². The number of piperazine rings is 1. The summed E-state index contributed by atoms with van der Waals surface area (Å²) in [6.45, 7) is 11.3. The standard InChI is InChI=1S/C18H30N2O2/c1-3-14-22-17-8-7-16(15-18(17)21-4-2)6-5-11-20-12-9-19-10-13-20/h7-8,15,19H,3-6,9-14H2,1-2H3. The van der Waals surface area contributed by atoms with Crippen molar-refractivity contribution in [2.75, 3.05) is 45.9 Å². The predicted molar refractivity (Wildman–Crippen MR) is 91.0 cm³/mol. The highest BCUT2D eigenvalue weighted by atomic mass is 16.5. The van der Waals surface area contributed by atoms with Gasteiger partial charge in [-0.25, -0.2) is 0 Å². The van der Waals surface area contributed by atoms with Gasteiger partial charge in [-0.1, -0.05) is 13.0 Å². The molecule has 0 aliphatic carbocycles. The van der Waals surface area contributed by atoms with E-state index in [-0.39, 0.29) is 0 Å². The maximum Gasteiger partial charge on any atom is 0.161 e. The first kappa shape index (κ1) is 17.1. The van der Waals surface area contributed by atoms with Crippen molar-refractivity contribution in [1.29, 1.82) is 0 Å². The zero-order chi connectivity index (χ0) is 15.6. The molecule has 1 N–H and O–H groups in total. The van der Waals surface area contributed by atoms with Crippen molar-refractivity contribution in [3.05, 3.63) is 23.8 Å². The number of hydrogen-bond acceptors (Lipinski definition) is 4. The molecule has 1 aliphatic rings. The molecule has 1 aromatic rings. The SMILES string of the molecule is CCCOc1ccc(CCCN2CCNCC2)cc1OCC. The lowest BCUT2D eigenvalue weighted by molar-refractivity contribution is 0.238. The van der Waals surface area contributed by atoms with Crippen molar-refractivity contribution in [3.63, 3.8) is 0 Å². The number of nitrogens with one attached hydrogen (secondary N) is 1. The molecule has 0 radical (unpaired) electrons. The summed E-state index contributed by atoms with van der Waals surface area (Å²) in [5, 5.41) is 3.40. The van der Waals surface area contributed by atoms with Crippen LogP contribution in [0.2, 0.25) is 0 Å². The molecule has 4 heteroatoms. The molecule has 0 atom stereocenters. The third-order valence-electron chi connectivity index (χ3n) is 3.92. The summed E-state index contributed by atoms with van der Waals surface area (Å²) in [6, 6.07) is 6.37. The fraction of sp³-hybridized carbons (Fsp3) is 0.667. The summed E-state index contributed by atoms with van der Waals surface area (Å²) in [5.74, 6) is 1.75. The Morgan fingerprint density at radius 2 is 1.91 bits per heavy atom. The minimum absolute atomic E-state index is 0.673. The highest BCUT2D eigenvalue weighted by molar-refractivity contribution is 5.43. The van der Waals surface area contributed by atoms with E-state index >= 15 is 0 Å². The minimum atomic E-state index is 0.673. The fourth-order valence-electron chi connectivity index (χ4n) is 2.75. The van der Waals surface area contributed by atoms with Crippen molar-refractivity contribution in [2.24, 2.45) is 0 Å². The number of rotatable bonds is 9. The Labute approximate surface area is 134 Å². The van der Waals surface area contributed by atoms with E-state index in [0.717, 1.165) is 44.0 Å². The van der Waals surface area contributed by atoms with Crippen LogP contribution in [-0.4, -0.2) is 50.8 Å². The normalized spacial score (nSPS) is 15.7. The van der Waals surface area contributed by atoms with Crippen LogP contribution in [0.25, 0.3) is 0 Å². The maximum atomic E-state index is 5.75. The minimum Gasteiger partial charge on any atom is -0.490 e. The van der Waals surface area contributed by atoms with Gasteiger partial charge in [0.05, 0.1) is 13.2 Å². The van der Waals surface area contributed by atoms with E-state index in [1.165, 1.54) is 31.6 Å². The summed E-state index contributed by atoms with van der Waals surface area (Å²) < 4.78 is 11.5. The first-order valence-corrected chi connectivity index (χ1v) is 8.65. The molecule has 1 aromatic carbocycles. The van der Waals surface area contributed by atoms with Gasteiger partial charge in [0.2, 0.25) is 0 Å². The number of aryl methyl sites for hydroxylation is 1. The fourth-order valence-corrected chi connectivity index (χ4v) is 2.75. The Bertz CT molecular complexity index is 431. The van der Waals surface area contributed by atoms with Crippen LogP contribution in [0.5, 0.6) is 11.5 Å². The highest BCUT2D eigenvalue weighted by Gasteiger charge is 2.10. The van der Waals surface area contributed by atoms with E-state index in [4.69, 9.17) is 9.47 Å². The average molecular weight is 306 g/mol. The van der Waals surface area contributed by atoms with Crippen molar-refractivity contribution < 1.29 is 9.47 Å². The molecule has 1 aliphatic heterocycles. The topological polar surface area (TPSA) is 33.7 Å². The first-order chi connectivity index (χ1) is 10.8. The Morgan fingerprint density at radius 1 is 1.09 bits per heavy atom. The molecule has 22 heavy (non-hydrogen) atoms. The summed E-state index contributed by atoms with van der Waals surface area (Å²) in [7, 11) is 0. The van der Waals surface area contributed by atoms with Crippen LogP contribution in [-0.2, 0) is 6.42 Å². The van der Waals surface area contributed by atoms with Crippen LogP contribution in [0.15, 0.2) is 18.2 Å². The first-order valence-electron chi connectivity index (χ1n) is 8.65. The number of hydrogen-bond donors (Lipinski definition) is 1. The summed E-state index contributed by atoms with van der Waals surface area (Å²) in [5.41, 5.74) is 1.34. The van der Waals surface area contributed by atoms with Gasteiger partial charge >= 0.3 is 0 Å². The van der Waals surface area contributed by atoms with Crippen LogP contribution >= 0.6 is 0 Å². The van der Waals surface area contributed by atoms with E-state index in [1.807, 2.05) is 6.92 Å². The molecule has 0 bridgehead atoms. The molecular formula is C18H30N2O2. The number of ether oxygens (including phenoxy) is 2. The third kappa shape index (κ3) is 5.50. The molecular weight excluding hydrogens is 276 g/mol. The molecule has 4 nitrogen and oxygen atoms in total. The lowest BCUT2D eigenvalue weighted by atomic mass is 10.1. The third-order valence-corrected chi connectivity index (χ3v) is 3.92. The summed E-state index contributed by atoms with van der Waals surface area (Å²) in [6.07, 6.45) is 3.30. The molecule has 0 spiro atoms. The second-order valence-corrected chi connectivity index (χ2v) is 5.76. The summed E-state index contributed by atoms with van der Waals surface area (Å²) in [4.78, 5) is 2.54. The second kappa shape index (κ2) is 9.70. The molecule has 1 fully saturated rings. The Hall–Kier alpha value is -1.26. The van der Waals surface area contributed by atoms with Gasteiger partial charge in [-0.2, -0.15) is 0 Å². The average Bonchev–Trinajstić information content (AvgIpc) is 2.55. The van der Waals surface area contributed by atoms with Gasteiger partial charge in [-0.15, -0.1) is 0 Å². The highest BCUT2D eigenvalue weighted by Crippen LogP contribution is 2.29. The van der Waals surface area contributed by atoms with Crippen molar-refractivity contribution in [1.82, 2.24) is 10.2 Å². The molecule has 124 valence electrons. The molecule has 1 heterocycles. The van der Waals surface area contributed by atoms with Crippen LogP contribution in [0.3, 0.4) is 0 Å². The second-order valence-electron chi connectivity index (χ2n) is 5.76. The predicted octanol–water partition coefficient (Wildman–Crippen LogP) is 2.71. The maximum absolute atomic E-state index is 5.75. The molecule has 0 saturated carbocycles. The van der Waals surface area contributed by atoms with Crippen LogP contribution in [0.1, 0.15) is 32.3 Å². The molecule has 0 amide bonds. The molecule has 1 saturated heterocycles. The van der Waals surface area contributed by atoms with Gasteiger partial charge in [0.1, 0.15) is 0 Å². The van der Waals surface area contributed by atoms with Gasteiger partial charge in [0.25, 0.3) is 0 Å². The zero-order valence-electron chi connectivity index (χ0n) is 14.1. The van der Waals surface area contributed by atoms with Gasteiger partial charge in [0, 0.05) is 26.2 Å². The van der Waals surface area contributed by atoms with E-state index in [1.54, 1.807) is 0 Å². The Morgan fingerprint density at radius 3 is 2.64 bits per heavy atom. The van der Waals surface area contributed by atoms with Crippen LogP contribution in [0.4, 0.5) is 0 Å². The van der Waals surface area contributed by atoms with Gasteiger partial charge in [-0.05, 0) is 50.4 Å². The zero-order valence-corrected chi connectivity index (χ0v) is 14.1. The van der Waals surface area contributed by atoms with Gasteiger partial charge in [-0.3, -0.25) is 0 Å². The van der Waals surface area contributed by atoms with E-state index in [9.17, 15) is 0 Å².